The van der Waals surface area contributed by atoms with E-state index in [1.807, 2.05) is 0 Å². The molecule has 2 rings (SSSR count). The number of hydrogen-bond acceptors (Lipinski definition) is 7. The van der Waals surface area contributed by atoms with E-state index in [-0.39, 0.29) is 5.69 Å². The number of carbonyl (C=O) groups is 1. The molecule has 112 valence electrons. The third-order valence-electron chi connectivity index (χ3n) is 2.81. The fraction of sp³-hybridized carbons (Fsp3) is 0.286. The van der Waals surface area contributed by atoms with Gasteiger partial charge >= 0.3 is 5.97 Å². The van der Waals surface area contributed by atoms with Gasteiger partial charge in [-0.25, -0.2) is 9.78 Å². The molecule has 0 radical (unpaired) electrons. The predicted octanol–water partition coefficient (Wildman–Crippen LogP) is 2.62. The number of hydrogen-bond donors (Lipinski definition) is 0. The summed E-state index contributed by atoms with van der Waals surface area (Å²) in [6, 6.07) is 3.56. The highest BCUT2D eigenvalue weighted by molar-refractivity contribution is 7.13. The van der Waals surface area contributed by atoms with E-state index in [1.165, 1.54) is 18.4 Å². The summed E-state index contributed by atoms with van der Waals surface area (Å²) < 4.78 is 20.5. The van der Waals surface area contributed by atoms with Crippen molar-refractivity contribution in [2.45, 2.75) is 0 Å². The van der Waals surface area contributed by atoms with Gasteiger partial charge in [-0.05, 0) is 12.1 Å². The number of aromatic nitrogens is 1. The molecular formula is C14H15NO5S. The van der Waals surface area contributed by atoms with Crippen LogP contribution in [0.1, 0.15) is 10.5 Å². The van der Waals surface area contributed by atoms with Crippen LogP contribution in [-0.4, -0.2) is 39.4 Å². The largest absolute Gasteiger partial charge is 0.493 e. The number of thiazole rings is 1. The zero-order chi connectivity index (χ0) is 15.4. The minimum absolute atomic E-state index is 0.270. The standard InChI is InChI=1S/C14H15NO5S/c1-17-10-5-8(6-11(18-2)12(10)19-3)13-15-9(7-21-13)14(16)20-4/h5-7H,1-4H3. The van der Waals surface area contributed by atoms with Gasteiger partial charge in [-0.3, -0.25) is 0 Å². The van der Waals surface area contributed by atoms with E-state index >= 15 is 0 Å². The van der Waals surface area contributed by atoms with Gasteiger partial charge in [-0.15, -0.1) is 11.3 Å². The topological polar surface area (TPSA) is 66.9 Å². The summed E-state index contributed by atoms with van der Waals surface area (Å²) in [5, 5.41) is 2.30. The molecule has 21 heavy (non-hydrogen) atoms. The van der Waals surface area contributed by atoms with Gasteiger partial charge in [0.15, 0.2) is 17.2 Å². The van der Waals surface area contributed by atoms with Crippen LogP contribution in [0.25, 0.3) is 10.6 Å². The number of benzene rings is 1. The molecule has 1 aromatic carbocycles. The van der Waals surface area contributed by atoms with Gasteiger partial charge in [-0.2, -0.15) is 0 Å². The van der Waals surface area contributed by atoms with Gasteiger partial charge in [0, 0.05) is 10.9 Å². The molecule has 0 amide bonds. The zero-order valence-electron chi connectivity index (χ0n) is 12.1. The molecule has 0 spiro atoms. The van der Waals surface area contributed by atoms with Gasteiger partial charge in [0.05, 0.1) is 28.4 Å². The monoisotopic (exact) mass is 309 g/mol. The maximum Gasteiger partial charge on any atom is 0.357 e. The molecule has 0 unspecified atom stereocenters. The second-order valence-corrected chi connectivity index (χ2v) is 4.80. The van der Waals surface area contributed by atoms with Crippen LogP contribution in [0, 0.1) is 0 Å². The van der Waals surface area contributed by atoms with Gasteiger partial charge in [0.2, 0.25) is 5.75 Å². The molecule has 0 atom stereocenters. The van der Waals surface area contributed by atoms with Crippen molar-refractivity contribution in [3.63, 3.8) is 0 Å². The quantitative estimate of drug-likeness (QED) is 0.791. The molecule has 1 heterocycles. The molecule has 0 N–H and O–H groups in total. The van der Waals surface area contributed by atoms with E-state index in [1.54, 1.807) is 38.8 Å². The molecule has 2 aromatic rings. The number of rotatable bonds is 5. The normalized spacial score (nSPS) is 10.1. The number of esters is 1. The summed E-state index contributed by atoms with van der Waals surface area (Å²) in [5.74, 6) is 1.10. The van der Waals surface area contributed by atoms with Gasteiger partial charge < -0.3 is 18.9 Å². The lowest BCUT2D eigenvalue weighted by Crippen LogP contribution is -2.01. The molecule has 1 aromatic heterocycles. The minimum atomic E-state index is -0.468. The summed E-state index contributed by atoms with van der Waals surface area (Å²) in [4.78, 5) is 15.7. The Balaban J connectivity index is 2.49. The number of nitrogens with zero attached hydrogens (tertiary/aromatic N) is 1. The molecule has 7 heteroatoms. The van der Waals surface area contributed by atoms with Crippen molar-refractivity contribution in [1.82, 2.24) is 4.98 Å². The first-order valence-corrected chi connectivity index (χ1v) is 6.86. The highest BCUT2D eigenvalue weighted by atomic mass is 32.1. The Kier molecular flexibility index (Phi) is 4.64. The van der Waals surface area contributed by atoms with E-state index in [2.05, 4.69) is 9.72 Å². The number of methoxy groups -OCH3 is 4. The van der Waals surface area contributed by atoms with Crippen LogP contribution >= 0.6 is 11.3 Å². The molecule has 0 aliphatic carbocycles. The maximum absolute atomic E-state index is 11.5. The summed E-state index contributed by atoms with van der Waals surface area (Å²) in [7, 11) is 5.95. The Morgan fingerprint density at radius 3 is 2.14 bits per heavy atom. The molecule has 0 fully saturated rings. The molecule has 0 aliphatic rings. The first-order chi connectivity index (χ1) is 10.1. The minimum Gasteiger partial charge on any atom is -0.493 e. The fourth-order valence-electron chi connectivity index (χ4n) is 1.81. The lowest BCUT2D eigenvalue weighted by atomic mass is 10.2. The Labute approximate surface area is 126 Å². The lowest BCUT2D eigenvalue weighted by molar-refractivity contribution is 0.0595. The third kappa shape index (κ3) is 2.92. The Morgan fingerprint density at radius 2 is 1.67 bits per heavy atom. The van der Waals surface area contributed by atoms with E-state index in [0.29, 0.717) is 22.3 Å². The van der Waals surface area contributed by atoms with Crippen molar-refractivity contribution >= 4 is 17.3 Å². The van der Waals surface area contributed by atoms with Gasteiger partial charge in [0.1, 0.15) is 5.01 Å². The van der Waals surface area contributed by atoms with Crippen LogP contribution in [0.15, 0.2) is 17.5 Å². The molecule has 0 saturated heterocycles. The molecule has 0 saturated carbocycles. The Hall–Kier alpha value is -2.28. The van der Waals surface area contributed by atoms with Crippen LogP contribution in [-0.2, 0) is 4.74 Å². The van der Waals surface area contributed by atoms with Crippen molar-refractivity contribution < 1.29 is 23.7 Å². The van der Waals surface area contributed by atoms with E-state index < -0.39 is 5.97 Å². The maximum atomic E-state index is 11.5. The van der Waals surface area contributed by atoms with Crippen LogP contribution in [0.3, 0.4) is 0 Å². The molecule has 0 aliphatic heterocycles. The van der Waals surface area contributed by atoms with E-state index in [4.69, 9.17) is 14.2 Å². The fourth-order valence-corrected chi connectivity index (χ4v) is 2.59. The predicted molar refractivity (Wildman–Crippen MR) is 78.5 cm³/mol. The highest BCUT2D eigenvalue weighted by Crippen LogP contribution is 2.41. The highest BCUT2D eigenvalue weighted by Gasteiger charge is 2.17. The average Bonchev–Trinajstić information content (AvgIpc) is 3.02. The van der Waals surface area contributed by atoms with Crippen LogP contribution in [0.5, 0.6) is 17.2 Å². The van der Waals surface area contributed by atoms with E-state index in [9.17, 15) is 4.79 Å². The smallest absolute Gasteiger partial charge is 0.357 e. The van der Waals surface area contributed by atoms with Gasteiger partial charge in [-0.1, -0.05) is 0 Å². The average molecular weight is 309 g/mol. The van der Waals surface area contributed by atoms with Crippen molar-refractivity contribution in [3.05, 3.63) is 23.2 Å². The molecule has 0 bridgehead atoms. The summed E-state index contributed by atoms with van der Waals surface area (Å²) in [5.41, 5.74) is 1.04. The van der Waals surface area contributed by atoms with Crippen LogP contribution < -0.4 is 14.2 Å². The van der Waals surface area contributed by atoms with Crippen molar-refractivity contribution in [2.24, 2.45) is 0 Å². The first kappa shape index (κ1) is 15.1. The summed E-state index contributed by atoms with van der Waals surface area (Å²) in [6.45, 7) is 0. The second kappa shape index (κ2) is 6.45. The van der Waals surface area contributed by atoms with Crippen molar-refractivity contribution in [2.75, 3.05) is 28.4 Å². The summed E-state index contributed by atoms with van der Waals surface area (Å²) >= 11 is 1.33. The SMILES string of the molecule is COC(=O)c1csc(-c2cc(OC)c(OC)c(OC)c2)n1. The first-order valence-electron chi connectivity index (χ1n) is 5.98. The molecular weight excluding hydrogens is 294 g/mol. The second-order valence-electron chi connectivity index (χ2n) is 3.94. The van der Waals surface area contributed by atoms with Gasteiger partial charge in [0.25, 0.3) is 0 Å². The summed E-state index contributed by atoms with van der Waals surface area (Å²) in [6.07, 6.45) is 0. The Bertz CT molecular complexity index is 628. The van der Waals surface area contributed by atoms with Crippen LogP contribution in [0.2, 0.25) is 0 Å². The van der Waals surface area contributed by atoms with E-state index in [0.717, 1.165) is 5.56 Å². The molecule has 6 nitrogen and oxygen atoms in total. The number of ether oxygens (including phenoxy) is 4. The number of carbonyl (C=O) groups excluding carboxylic acids is 1. The Morgan fingerprint density at radius 1 is 1.05 bits per heavy atom. The van der Waals surface area contributed by atoms with Crippen molar-refractivity contribution in [3.8, 4) is 27.8 Å². The lowest BCUT2D eigenvalue weighted by Gasteiger charge is -2.13. The van der Waals surface area contributed by atoms with Crippen LogP contribution in [0.4, 0.5) is 0 Å². The third-order valence-corrected chi connectivity index (χ3v) is 3.70. The van der Waals surface area contributed by atoms with Crippen molar-refractivity contribution in [1.29, 1.82) is 0 Å². The zero-order valence-corrected chi connectivity index (χ0v) is 12.9.